The lowest BCUT2D eigenvalue weighted by Crippen LogP contribution is -2.46. The molecule has 2 aliphatic rings. The number of nitrogens with one attached hydrogen (secondary N) is 2. The average molecular weight is 460 g/mol. The first-order chi connectivity index (χ1) is 11.6. The van der Waals surface area contributed by atoms with Gasteiger partial charge in [0.15, 0.2) is 5.96 Å². The largest absolute Gasteiger partial charge is 0.353 e. The second-order valence-electron chi connectivity index (χ2n) is 6.51. The maximum Gasteiger partial charge on any atom is 0.222 e. The quantitative estimate of drug-likeness (QED) is 0.413. The predicted molar refractivity (Wildman–Crippen MR) is 108 cm³/mol. The van der Waals surface area contributed by atoms with E-state index in [1.165, 1.54) is 6.07 Å². The van der Waals surface area contributed by atoms with E-state index in [-0.39, 0.29) is 53.7 Å². The fraction of sp³-hybridized carbons (Fsp3) is 0.556. The lowest BCUT2D eigenvalue weighted by molar-refractivity contribution is -0.129. The topological polar surface area (TPSA) is 56.7 Å². The monoisotopic (exact) mass is 460 g/mol. The summed E-state index contributed by atoms with van der Waals surface area (Å²) >= 11 is 0. The van der Waals surface area contributed by atoms with Crippen molar-refractivity contribution >= 4 is 35.8 Å². The molecule has 1 amide bonds. The van der Waals surface area contributed by atoms with Crippen molar-refractivity contribution in [2.75, 3.05) is 20.1 Å². The highest BCUT2D eigenvalue weighted by molar-refractivity contribution is 14.0. The molecule has 1 saturated heterocycles. The SMILES string of the molecule is CCC(=O)N1CCC(NC(=NC)NC2CC2c2ccccc2F)C1.I. The highest BCUT2D eigenvalue weighted by atomic mass is 127. The summed E-state index contributed by atoms with van der Waals surface area (Å²) < 4.78 is 13.8. The standard InChI is InChI=1S/C18H25FN4O.HI/c1-3-17(24)23-9-8-12(11-23)21-18(20-2)22-16-10-14(16)13-6-4-5-7-15(13)19;/h4-7,12,14,16H,3,8-11H2,1-2H3,(H2,20,21,22);1H. The van der Waals surface area contributed by atoms with Crippen LogP contribution in [0.15, 0.2) is 29.3 Å². The van der Waals surface area contributed by atoms with Gasteiger partial charge in [0, 0.05) is 44.6 Å². The summed E-state index contributed by atoms with van der Waals surface area (Å²) in [5.74, 6) is 0.990. The number of halogens is 2. The van der Waals surface area contributed by atoms with E-state index >= 15 is 0 Å². The van der Waals surface area contributed by atoms with Crippen molar-refractivity contribution in [3.63, 3.8) is 0 Å². The molecule has 1 aromatic rings. The van der Waals surface area contributed by atoms with Gasteiger partial charge in [-0.3, -0.25) is 9.79 Å². The van der Waals surface area contributed by atoms with E-state index in [0.29, 0.717) is 6.42 Å². The molecular formula is C18H26FIN4O. The molecule has 5 nitrogen and oxygen atoms in total. The van der Waals surface area contributed by atoms with Crippen molar-refractivity contribution in [2.45, 2.75) is 44.2 Å². The molecule has 1 aliphatic carbocycles. The third-order valence-corrected chi connectivity index (χ3v) is 4.83. The van der Waals surface area contributed by atoms with Crippen LogP contribution in [0.4, 0.5) is 4.39 Å². The Labute approximate surface area is 165 Å². The molecule has 0 aromatic heterocycles. The summed E-state index contributed by atoms with van der Waals surface area (Å²) in [5.41, 5.74) is 0.769. The summed E-state index contributed by atoms with van der Waals surface area (Å²) in [4.78, 5) is 17.9. The summed E-state index contributed by atoms with van der Waals surface area (Å²) in [6, 6.07) is 7.38. The van der Waals surface area contributed by atoms with Crippen LogP contribution in [0.5, 0.6) is 0 Å². The second kappa shape index (κ2) is 8.82. The van der Waals surface area contributed by atoms with Crippen molar-refractivity contribution in [2.24, 2.45) is 4.99 Å². The van der Waals surface area contributed by atoms with Gasteiger partial charge in [-0.1, -0.05) is 25.1 Å². The maximum absolute atomic E-state index is 13.8. The van der Waals surface area contributed by atoms with Gasteiger partial charge in [-0.2, -0.15) is 0 Å². The number of rotatable bonds is 4. The number of carbonyl (C=O) groups excluding carboxylic acids is 1. The minimum atomic E-state index is -0.140. The molecule has 7 heteroatoms. The van der Waals surface area contributed by atoms with Crippen molar-refractivity contribution in [3.8, 4) is 0 Å². The van der Waals surface area contributed by atoms with Crippen molar-refractivity contribution < 1.29 is 9.18 Å². The zero-order valence-electron chi connectivity index (χ0n) is 14.7. The van der Waals surface area contributed by atoms with Gasteiger partial charge in [-0.05, 0) is 24.5 Å². The van der Waals surface area contributed by atoms with Gasteiger partial charge >= 0.3 is 0 Å². The van der Waals surface area contributed by atoms with E-state index in [1.807, 2.05) is 24.0 Å². The fourth-order valence-corrected chi connectivity index (χ4v) is 3.34. The third-order valence-electron chi connectivity index (χ3n) is 4.83. The minimum Gasteiger partial charge on any atom is -0.353 e. The van der Waals surface area contributed by atoms with Gasteiger partial charge in [-0.25, -0.2) is 4.39 Å². The number of aliphatic imine (C=N–C) groups is 1. The number of likely N-dealkylation sites (tertiary alicyclic amines) is 1. The molecule has 0 bridgehead atoms. The summed E-state index contributed by atoms with van der Waals surface area (Å²) in [6.45, 7) is 3.40. The van der Waals surface area contributed by atoms with E-state index in [2.05, 4.69) is 15.6 Å². The molecule has 1 aliphatic heterocycles. The van der Waals surface area contributed by atoms with Gasteiger partial charge < -0.3 is 15.5 Å². The highest BCUT2D eigenvalue weighted by Crippen LogP contribution is 2.41. The number of nitrogens with zero attached hydrogens (tertiary/aromatic N) is 2. The van der Waals surface area contributed by atoms with E-state index in [1.54, 1.807) is 13.1 Å². The highest BCUT2D eigenvalue weighted by Gasteiger charge is 2.40. The molecule has 0 radical (unpaired) electrons. The number of hydrogen-bond acceptors (Lipinski definition) is 2. The molecule has 3 unspecified atom stereocenters. The second-order valence-corrected chi connectivity index (χ2v) is 6.51. The first kappa shape index (κ1) is 19.9. The van der Waals surface area contributed by atoms with Crippen molar-refractivity contribution in [1.82, 2.24) is 15.5 Å². The van der Waals surface area contributed by atoms with Gasteiger partial charge in [0.25, 0.3) is 0 Å². The van der Waals surface area contributed by atoms with E-state index in [9.17, 15) is 9.18 Å². The molecule has 2 fully saturated rings. The lowest BCUT2D eigenvalue weighted by Gasteiger charge is -2.19. The molecule has 1 aromatic carbocycles. The lowest BCUT2D eigenvalue weighted by atomic mass is 10.1. The van der Waals surface area contributed by atoms with E-state index in [0.717, 1.165) is 37.5 Å². The molecule has 0 spiro atoms. The van der Waals surface area contributed by atoms with Crippen LogP contribution in [-0.2, 0) is 4.79 Å². The third kappa shape index (κ3) is 4.83. The smallest absolute Gasteiger partial charge is 0.222 e. The molecule has 138 valence electrons. The van der Waals surface area contributed by atoms with Crippen molar-refractivity contribution in [1.29, 1.82) is 0 Å². The van der Waals surface area contributed by atoms with Gasteiger partial charge in [-0.15, -0.1) is 24.0 Å². The van der Waals surface area contributed by atoms with E-state index < -0.39 is 0 Å². The Hall–Kier alpha value is -1.38. The zero-order chi connectivity index (χ0) is 17.1. The first-order valence-electron chi connectivity index (χ1n) is 8.64. The Morgan fingerprint density at radius 1 is 1.36 bits per heavy atom. The van der Waals surface area contributed by atoms with Gasteiger partial charge in [0.1, 0.15) is 5.82 Å². The average Bonchev–Trinajstić information content (AvgIpc) is 3.19. The minimum absolute atomic E-state index is 0. The van der Waals surface area contributed by atoms with Crippen LogP contribution in [0.2, 0.25) is 0 Å². The van der Waals surface area contributed by atoms with Crippen LogP contribution in [-0.4, -0.2) is 49.0 Å². The summed E-state index contributed by atoms with van der Waals surface area (Å²) in [5, 5.41) is 6.75. The number of amides is 1. The van der Waals surface area contributed by atoms with Crippen molar-refractivity contribution in [3.05, 3.63) is 35.6 Å². The maximum atomic E-state index is 13.8. The predicted octanol–water partition coefficient (Wildman–Crippen LogP) is 2.48. The Kier molecular flexibility index (Phi) is 7.04. The molecule has 25 heavy (non-hydrogen) atoms. The Bertz CT molecular complexity index is 639. The zero-order valence-corrected chi connectivity index (χ0v) is 17.0. The van der Waals surface area contributed by atoms with Crippen LogP contribution in [0, 0.1) is 5.82 Å². The molecule has 1 saturated carbocycles. The number of guanidine groups is 1. The Morgan fingerprint density at radius 3 is 2.80 bits per heavy atom. The van der Waals surface area contributed by atoms with Crippen LogP contribution < -0.4 is 10.6 Å². The molecular weight excluding hydrogens is 434 g/mol. The molecule has 1 heterocycles. The van der Waals surface area contributed by atoms with E-state index in [4.69, 9.17) is 0 Å². The number of hydrogen-bond donors (Lipinski definition) is 2. The van der Waals surface area contributed by atoms with Crippen LogP contribution in [0.25, 0.3) is 0 Å². The Morgan fingerprint density at radius 2 is 2.12 bits per heavy atom. The van der Waals surface area contributed by atoms with Crippen LogP contribution in [0.3, 0.4) is 0 Å². The van der Waals surface area contributed by atoms with Gasteiger partial charge in [0.2, 0.25) is 5.91 Å². The normalized spacial score (nSPS) is 25.3. The number of benzene rings is 1. The molecule has 3 atom stereocenters. The van der Waals surface area contributed by atoms with Crippen LogP contribution >= 0.6 is 24.0 Å². The fourth-order valence-electron chi connectivity index (χ4n) is 3.34. The van der Waals surface area contributed by atoms with Crippen LogP contribution in [0.1, 0.15) is 37.7 Å². The molecule has 2 N–H and O–H groups in total. The first-order valence-corrected chi connectivity index (χ1v) is 8.64. The molecule has 3 rings (SSSR count). The Balaban J connectivity index is 0.00000225. The summed E-state index contributed by atoms with van der Waals surface area (Å²) in [6.07, 6.45) is 2.38. The van der Waals surface area contributed by atoms with Gasteiger partial charge in [0.05, 0.1) is 0 Å². The number of carbonyl (C=O) groups is 1. The summed E-state index contributed by atoms with van der Waals surface area (Å²) in [7, 11) is 1.74.